The Bertz CT molecular complexity index is 569. The molecule has 2 heterocycles. The minimum Gasteiger partial charge on any atom is -0.469 e. The second kappa shape index (κ2) is 7.08. The molecule has 0 bridgehead atoms. The molecule has 0 radical (unpaired) electrons. The van der Waals surface area contributed by atoms with Gasteiger partial charge in [-0.15, -0.1) is 0 Å². The highest BCUT2D eigenvalue weighted by Gasteiger charge is 2.13. The maximum atomic E-state index is 9.49. The summed E-state index contributed by atoms with van der Waals surface area (Å²) in [4.78, 5) is 8.46. The number of furan rings is 1. The van der Waals surface area contributed by atoms with Gasteiger partial charge in [-0.1, -0.05) is 6.92 Å². The number of rotatable bonds is 7. The number of anilines is 2. The highest BCUT2D eigenvalue weighted by Crippen LogP contribution is 2.18. The summed E-state index contributed by atoms with van der Waals surface area (Å²) in [5.74, 6) is 1.92. The molecule has 6 heteroatoms. The Morgan fingerprint density at radius 2 is 2.24 bits per heavy atom. The molecule has 0 aliphatic rings. The van der Waals surface area contributed by atoms with E-state index in [1.165, 1.54) is 0 Å². The molecule has 2 aromatic heterocycles. The lowest BCUT2D eigenvalue weighted by atomic mass is 10.0. The second-order valence-electron chi connectivity index (χ2n) is 5.07. The van der Waals surface area contributed by atoms with Crippen molar-refractivity contribution in [3.05, 3.63) is 35.4 Å². The summed E-state index contributed by atoms with van der Waals surface area (Å²) in [6.07, 6.45) is 3.12. The highest BCUT2D eigenvalue weighted by atomic mass is 16.3. The van der Waals surface area contributed by atoms with Gasteiger partial charge in [-0.3, -0.25) is 0 Å². The number of aliphatic hydroxyl groups is 1. The topological polar surface area (TPSA) is 97.2 Å². The number of nitrogen functional groups attached to an aromatic ring is 1. The maximum Gasteiger partial charge on any atom is 0.222 e. The molecule has 21 heavy (non-hydrogen) atoms. The Morgan fingerprint density at radius 1 is 1.43 bits per heavy atom. The van der Waals surface area contributed by atoms with Crippen molar-refractivity contribution in [2.75, 3.05) is 24.2 Å². The van der Waals surface area contributed by atoms with E-state index in [9.17, 15) is 5.11 Å². The quantitative estimate of drug-likeness (QED) is 0.719. The van der Waals surface area contributed by atoms with Gasteiger partial charge in [0.2, 0.25) is 5.95 Å². The minimum absolute atomic E-state index is 0.0526. The monoisotopic (exact) mass is 290 g/mol. The fraction of sp³-hybridized carbons (Fsp3) is 0.467. The van der Waals surface area contributed by atoms with Crippen molar-refractivity contribution in [2.45, 2.75) is 26.7 Å². The summed E-state index contributed by atoms with van der Waals surface area (Å²) < 4.78 is 5.31. The summed E-state index contributed by atoms with van der Waals surface area (Å²) in [6.45, 7) is 4.68. The predicted octanol–water partition coefficient (Wildman–Crippen LogP) is 1.79. The number of aromatic nitrogens is 2. The summed E-state index contributed by atoms with van der Waals surface area (Å²) in [5.41, 5.74) is 7.67. The number of nitrogens with one attached hydrogen (secondary N) is 1. The van der Waals surface area contributed by atoms with Gasteiger partial charge >= 0.3 is 0 Å². The SMILES string of the molecule is CCc1nc(N)nc(NCC(CO)Cc2ccco2)c1C. The second-order valence-corrected chi connectivity index (χ2v) is 5.07. The Hall–Kier alpha value is -2.08. The van der Waals surface area contributed by atoms with Crippen LogP contribution in [0.4, 0.5) is 11.8 Å². The molecular weight excluding hydrogens is 268 g/mol. The zero-order chi connectivity index (χ0) is 15.2. The summed E-state index contributed by atoms with van der Waals surface area (Å²) in [7, 11) is 0. The summed E-state index contributed by atoms with van der Waals surface area (Å²) in [6, 6.07) is 3.76. The minimum atomic E-state index is 0.0526. The van der Waals surface area contributed by atoms with E-state index >= 15 is 0 Å². The third kappa shape index (κ3) is 3.95. The molecule has 2 aromatic rings. The molecule has 0 aliphatic carbocycles. The van der Waals surface area contributed by atoms with Crippen LogP contribution in [0.5, 0.6) is 0 Å². The number of aryl methyl sites for hydroxylation is 1. The fourth-order valence-corrected chi connectivity index (χ4v) is 2.25. The van der Waals surface area contributed by atoms with Gasteiger partial charge in [0.05, 0.1) is 12.0 Å². The van der Waals surface area contributed by atoms with E-state index in [0.717, 1.165) is 29.3 Å². The number of aliphatic hydroxyl groups excluding tert-OH is 1. The van der Waals surface area contributed by atoms with Crippen LogP contribution in [0.15, 0.2) is 22.8 Å². The van der Waals surface area contributed by atoms with Crippen LogP contribution in [-0.4, -0.2) is 28.2 Å². The van der Waals surface area contributed by atoms with Gasteiger partial charge in [0.15, 0.2) is 0 Å². The average Bonchev–Trinajstić information content (AvgIpc) is 2.99. The maximum absolute atomic E-state index is 9.49. The van der Waals surface area contributed by atoms with Crippen LogP contribution in [0, 0.1) is 12.8 Å². The van der Waals surface area contributed by atoms with Crippen LogP contribution in [0.3, 0.4) is 0 Å². The van der Waals surface area contributed by atoms with Gasteiger partial charge in [0.25, 0.3) is 0 Å². The third-order valence-electron chi connectivity index (χ3n) is 3.49. The Balaban J connectivity index is 2.02. The van der Waals surface area contributed by atoms with E-state index in [-0.39, 0.29) is 18.5 Å². The summed E-state index contributed by atoms with van der Waals surface area (Å²) in [5, 5.41) is 12.7. The van der Waals surface area contributed by atoms with Crippen LogP contribution in [-0.2, 0) is 12.8 Å². The van der Waals surface area contributed by atoms with Crippen LogP contribution in [0.25, 0.3) is 0 Å². The van der Waals surface area contributed by atoms with E-state index in [2.05, 4.69) is 15.3 Å². The van der Waals surface area contributed by atoms with Crippen molar-refractivity contribution in [3.8, 4) is 0 Å². The fourth-order valence-electron chi connectivity index (χ4n) is 2.25. The summed E-state index contributed by atoms with van der Waals surface area (Å²) >= 11 is 0. The molecule has 0 saturated carbocycles. The molecule has 0 amide bonds. The smallest absolute Gasteiger partial charge is 0.222 e. The number of nitrogens with two attached hydrogens (primary N) is 1. The van der Waals surface area contributed by atoms with Crippen molar-refractivity contribution < 1.29 is 9.52 Å². The van der Waals surface area contributed by atoms with E-state index in [1.54, 1.807) is 6.26 Å². The zero-order valence-electron chi connectivity index (χ0n) is 12.5. The molecule has 4 N–H and O–H groups in total. The van der Waals surface area contributed by atoms with Gasteiger partial charge in [0, 0.05) is 31.1 Å². The van der Waals surface area contributed by atoms with Gasteiger partial charge in [0.1, 0.15) is 11.6 Å². The average molecular weight is 290 g/mol. The number of hydrogen-bond donors (Lipinski definition) is 3. The van der Waals surface area contributed by atoms with Crippen LogP contribution in [0.1, 0.15) is 23.9 Å². The largest absolute Gasteiger partial charge is 0.469 e. The standard InChI is InChI=1S/C15H22N4O2/c1-3-13-10(2)14(19-15(16)18-13)17-8-11(9-20)7-12-5-4-6-21-12/h4-6,11,20H,3,7-9H2,1-2H3,(H3,16,17,18,19). The Morgan fingerprint density at radius 3 is 2.86 bits per heavy atom. The lowest BCUT2D eigenvalue weighted by Gasteiger charge is -2.16. The molecule has 2 rings (SSSR count). The first kappa shape index (κ1) is 15.3. The van der Waals surface area contributed by atoms with Gasteiger partial charge in [-0.05, 0) is 25.5 Å². The van der Waals surface area contributed by atoms with Gasteiger partial charge in [-0.25, -0.2) is 4.98 Å². The molecule has 0 aliphatic heterocycles. The first-order chi connectivity index (χ1) is 10.1. The predicted molar refractivity (Wildman–Crippen MR) is 82.0 cm³/mol. The molecule has 0 aromatic carbocycles. The molecule has 0 spiro atoms. The lowest BCUT2D eigenvalue weighted by molar-refractivity contribution is 0.226. The van der Waals surface area contributed by atoms with E-state index in [1.807, 2.05) is 26.0 Å². The first-order valence-electron chi connectivity index (χ1n) is 7.14. The van der Waals surface area contributed by atoms with Crippen molar-refractivity contribution >= 4 is 11.8 Å². The van der Waals surface area contributed by atoms with Crippen molar-refractivity contribution in [1.82, 2.24) is 9.97 Å². The van der Waals surface area contributed by atoms with Crippen LogP contribution < -0.4 is 11.1 Å². The number of nitrogens with zero attached hydrogens (tertiary/aromatic N) is 2. The Kier molecular flexibility index (Phi) is 5.16. The third-order valence-corrected chi connectivity index (χ3v) is 3.49. The Labute approximate surface area is 124 Å². The van der Waals surface area contributed by atoms with Crippen LogP contribution >= 0.6 is 0 Å². The van der Waals surface area contributed by atoms with E-state index < -0.39 is 0 Å². The van der Waals surface area contributed by atoms with E-state index in [4.69, 9.17) is 10.2 Å². The lowest BCUT2D eigenvalue weighted by Crippen LogP contribution is -2.21. The molecule has 1 atom stereocenters. The first-order valence-corrected chi connectivity index (χ1v) is 7.14. The molecule has 6 nitrogen and oxygen atoms in total. The zero-order valence-corrected chi connectivity index (χ0v) is 12.5. The van der Waals surface area contributed by atoms with E-state index in [0.29, 0.717) is 13.0 Å². The molecule has 1 unspecified atom stereocenters. The number of hydrogen-bond acceptors (Lipinski definition) is 6. The van der Waals surface area contributed by atoms with Crippen molar-refractivity contribution in [3.63, 3.8) is 0 Å². The van der Waals surface area contributed by atoms with Crippen molar-refractivity contribution in [1.29, 1.82) is 0 Å². The van der Waals surface area contributed by atoms with Crippen molar-refractivity contribution in [2.24, 2.45) is 5.92 Å². The van der Waals surface area contributed by atoms with Crippen LogP contribution in [0.2, 0.25) is 0 Å². The molecular formula is C15H22N4O2. The highest BCUT2D eigenvalue weighted by molar-refractivity contribution is 5.48. The van der Waals surface area contributed by atoms with Gasteiger partial charge in [-0.2, -0.15) is 4.98 Å². The normalized spacial score (nSPS) is 12.3. The molecule has 114 valence electrons. The molecule has 0 fully saturated rings. The molecule has 0 saturated heterocycles. The van der Waals surface area contributed by atoms with Gasteiger partial charge < -0.3 is 20.6 Å².